The van der Waals surface area contributed by atoms with E-state index in [9.17, 15) is 0 Å². The average Bonchev–Trinajstić information content (AvgIpc) is 0.811. The first kappa shape index (κ1) is 4.60. The molecule has 0 saturated heterocycles. The molecule has 0 aliphatic heterocycles. The molecule has 0 amide bonds. The summed E-state index contributed by atoms with van der Waals surface area (Å²) in [4.78, 5) is 0. The van der Waals surface area contributed by atoms with Crippen LogP contribution in [-0.4, -0.2) is 0 Å². The summed E-state index contributed by atoms with van der Waals surface area (Å²) in [5, 5.41) is 0. The van der Waals surface area contributed by atoms with Crippen molar-refractivity contribution in [3.05, 3.63) is 0 Å². The zero-order chi connectivity index (χ0) is 3.58. The van der Waals surface area contributed by atoms with Crippen molar-refractivity contribution in [2.45, 2.75) is 0 Å². The van der Waals surface area contributed by atoms with Gasteiger partial charge in [-0.05, 0) is 0 Å². The van der Waals surface area contributed by atoms with Crippen LogP contribution in [0.1, 0.15) is 0 Å². The summed E-state index contributed by atoms with van der Waals surface area (Å²) in [6.07, 6.45) is 0. The van der Waals surface area contributed by atoms with E-state index in [4.69, 9.17) is 6.65 Å². The van der Waals surface area contributed by atoms with E-state index in [1.807, 2.05) is 0 Å². The van der Waals surface area contributed by atoms with Gasteiger partial charge in [-0.2, -0.15) is 0 Å². The van der Waals surface area contributed by atoms with Crippen LogP contribution in [0.25, 0.3) is 0 Å². The molecule has 0 radical (unpaired) electrons. The zero-order valence-electron chi connectivity index (χ0n) is 1.69. The van der Waals surface area contributed by atoms with Gasteiger partial charge in [0.15, 0.2) is 0 Å². The molecule has 0 aliphatic rings. The van der Waals surface area contributed by atoms with Crippen molar-refractivity contribution in [2.24, 2.45) is 0 Å². The van der Waals surface area contributed by atoms with Gasteiger partial charge in [0.05, 0.1) is 0 Å². The van der Waals surface area contributed by atoms with Crippen LogP contribution in [-0.2, 0) is 23.4 Å². The molecule has 0 rings (SSSR count). The second-order valence-electron chi connectivity index (χ2n) is 0.238. The van der Waals surface area contributed by atoms with Crippen molar-refractivity contribution in [2.75, 3.05) is 0 Å². The molecular formula is ClO2Ti. The van der Waals surface area contributed by atoms with Crippen LogP contribution in [0.5, 0.6) is 0 Å². The van der Waals surface area contributed by atoms with Gasteiger partial charge >= 0.3 is 32.7 Å². The number of hydrogen-bond acceptors (Lipinski definition) is 2. The first-order valence-corrected chi connectivity index (χ1v) is 4.02. The first-order chi connectivity index (χ1) is 1.73. The van der Waals surface area contributed by atoms with Gasteiger partial charge in [-0.1, -0.05) is 0 Å². The van der Waals surface area contributed by atoms with Gasteiger partial charge in [-0.15, -0.1) is 0 Å². The fourth-order valence-corrected chi connectivity index (χ4v) is 0. The number of halogens is 1. The van der Waals surface area contributed by atoms with Gasteiger partial charge in [0.25, 0.3) is 0 Å². The van der Waals surface area contributed by atoms with Crippen LogP contribution in [0.4, 0.5) is 0 Å². The standard InChI is InChI=1S/ClH.2O.Ti/h1H;;;/q;;;+1/p-1. The van der Waals surface area contributed by atoms with E-state index in [0.29, 0.717) is 0 Å². The Bertz CT molecular complexity index is 54.4. The van der Waals surface area contributed by atoms with Gasteiger partial charge in [-0.3, -0.25) is 0 Å². The van der Waals surface area contributed by atoms with Gasteiger partial charge in [0.2, 0.25) is 0 Å². The Balaban J connectivity index is 3.51. The Morgan fingerprint density at radius 2 is 1.50 bits per heavy atom. The molecule has 0 spiro atoms. The summed E-state index contributed by atoms with van der Waals surface area (Å²) < 4.78 is 17.8. The maximum absolute atomic E-state index is 8.90. The molecule has 0 bridgehead atoms. The van der Waals surface area contributed by atoms with Gasteiger partial charge in [0, 0.05) is 0 Å². The van der Waals surface area contributed by atoms with Crippen LogP contribution in [0, 0.1) is 0 Å². The molecular weight excluding hydrogens is 115 g/mol. The Hall–Kier alpha value is 0.604. The molecule has 4 heteroatoms. The summed E-state index contributed by atoms with van der Waals surface area (Å²) in [5.41, 5.74) is 0. The van der Waals surface area contributed by atoms with E-state index < -0.39 is 16.7 Å². The third-order valence-electron chi connectivity index (χ3n) is 0. The molecule has 0 heterocycles. The van der Waals surface area contributed by atoms with Crippen molar-refractivity contribution in [3.8, 4) is 0 Å². The zero-order valence-corrected chi connectivity index (χ0v) is 4.01. The van der Waals surface area contributed by atoms with Crippen molar-refractivity contribution >= 4 is 9.30 Å². The molecule has 4 heavy (non-hydrogen) atoms. The number of rotatable bonds is 0. The van der Waals surface area contributed by atoms with Crippen LogP contribution >= 0.6 is 9.30 Å². The first-order valence-electron chi connectivity index (χ1n) is 0.597. The van der Waals surface area contributed by atoms with Crippen LogP contribution in [0.2, 0.25) is 0 Å². The topological polar surface area (TPSA) is 34.1 Å². The van der Waals surface area contributed by atoms with Crippen molar-refractivity contribution in [3.63, 3.8) is 0 Å². The van der Waals surface area contributed by atoms with Crippen LogP contribution < -0.4 is 0 Å². The molecule has 0 unspecified atom stereocenters. The van der Waals surface area contributed by atoms with E-state index in [0.717, 1.165) is 0 Å². The van der Waals surface area contributed by atoms with Crippen LogP contribution in [0.15, 0.2) is 0 Å². The second-order valence-corrected chi connectivity index (χ2v) is 2.25. The van der Waals surface area contributed by atoms with Gasteiger partial charge in [-0.25, -0.2) is 0 Å². The summed E-state index contributed by atoms with van der Waals surface area (Å²) in [6.45, 7) is 0. The number of hydrogen-bond donors (Lipinski definition) is 0. The third kappa shape index (κ3) is 18.4. The predicted molar refractivity (Wildman–Crippen MR) is 7.23 cm³/mol. The summed E-state index contributed by atoms with van der Waals surface area (Å²) >= 11 is -3.36. The van der Waals surface area contributed by atoms with Crippen LogP contribution in [0.3, 0.4) is 0 Å². The van der Waals surface area contributed by atoms with E-state index in [2.05, 4.69) is 9.30 Å². The molecule has 0 aromatic carbocycles. The average molecular weight is 115 g/mol. The Morgan fingerprint density at radius 3 is 1.50 bits per heavy atom. The molecule has 23 valence electrons. The van der Waals surface area contributed by atoms with E-state index in [-0.39, 0.29) is 0 Å². The second kappa shape index (κ2) is 1.88. The van der Waals surface area contributed by atoms with E-state index in [1.165, 1.54) is 0 Å². The van der Waals surface area contributed by atoms with E-state index in [1.54, 1.807) is 0 Å². The predicted octanol–water partition coefficient (Wildman–Crippen LogP) is 0.449. The molecule has 0 N–H and O–H groups in total. The molecule has 0 aromatic rings. The van der Waals surface area contributed by atoms with Crippen molar-refractivity contribution < 1.29 is 23.4 Å². The fourth-order valence-electron chi connectivity index (χ4n) is 0. The molecule has 0 atom stereocenters. The molecule has 0 aromatic heterocycles. The molecule has 2 nitrogen and oxygen atoms in total. The molecule has 0 fully saturated rings. The summed E-state index contributed by atoms with van der Waals surface area (Å²) in [6, 6.07) is 0. The third-order valence-corrected chi connectivity index (χ3v) is 0. The Morgan fingerprint density at radius 1 is 1.50 bits per heavy atom. The van der Waals surface area contributed by atoms with Gasteiger partial charge in [0.1, 0.15) is 0 Å². The van der Waals surface area contributed by atoms with Crippen molar-refractivity contribution in [1.29, 1.82) is 0 Å². The minimum atomic E-state index is -3.36. The normalized spacial score (nSPS) is 6.25. The Labute approximate surface area is 33.1 Å². The van der Waals surface area contributed by atoms with Crippen molar-refractivity contribution in [1.82, 2.24) is 0 Å². The minimum absolute atomic E-state index is 3.36. The summed E-state index contributed by atoms with van der Waals surface area (Å²) in [5.74, 6) is 0. The maximum atomic E-state index is 8.90. The Kier molecular flexibility index (Phi) is 2.17. The van der Waals surface area contributed by atoms with E-state index >= 15 is 0 Å². The monoisotopic (exact) mass is 115 g/mol. The SMILES string of the molecule is [O]=[Ti](=[O])[Cl]. The quantitative estimate of drug-likeness (QED) is 0.430. The summed E-state index contributed by atoms with van der Waals surface area (Å²) in [7, 11) is 4.33. The molecule has 0 aliphatic carbocycles. The van der Waals surface area contributed by atoms with Gasteiger partial charge < -0.3 is 0 Å². The fraction of sp³-hybridized carbons (Fsp3) is 0. The molecule has 0 saturated carbocycles.